The highest BCUT2D eigenvalue weighted by Gasteiger charge is 2.19. The Hall–Kier alpha value is -1.24. The number of halogens is 1. The number of aliphatic hydroxyl groups is 2. The molecule has 5 nitrogen and oxygen atoms in total. The van der Waals surface area contributed by atoms with Crippen molar-refractivity contribution in [2.75, 3.05) is 5.33 Å². The van der Waals surface area contributed by atoms with Gasteiger partial charge in [-0.2, -0.15) is 0 Å². The molecule has 1 aromatic carbocycles. The van der Waals surface area contributed by atoms with Gasteiger partial charge < -0.3 is 15.3 Å². The van der Waals surface area contributed by atoms with Gasteiger partial charge in [-0.3, -0.25) is 4.79 Å². The number of hydrogen-bond acceptors (Lipinski definition) is 4. The number of benzene rings is 1. The number of hydrogen-bond donors (Lipinski definition) is 3. The predicted octanol–water partition coefficient (Wildman–Crippen LogP) is 1.26. The lowest BCUT2D eigenvalue weighted by Crippen LogP contribution is -2.13. The number of carboxylic acid groups (broad SMARTS) is 1. The number of carboxylic acids is 1. The van der Waals surface area contributed by atoms with Crippen LogP contribution < -0.4 is 0 Å². The van der Waals surface area contributed by atoms with E-state index in [4.69, 9.17) is 10.2 Å². The number of aliphatic carboxylic acids is 1. The minimum atomic E-state index is -1.67. The molecule has 0 amide bonds. The molecule has 1 unspecified atom stereocenters. The van der Waals surface area contributed by atoms with E-state index < -0.39 is 12.1 Å². The summed E-state index contributed by atoms with van der Waals surface area (Å²) < 4.78 is 0. The number of aliphatic hydroxyl groups excluding tert-OH is 2. The summed E-state index contributed by atoms with van der Waals surface area (Å²) >= 11 is 3.14. The molecule has 98 valence electrons. The van der Waals surface area contributed by atoms with Crippen LogP contribution in [0.15, 0.2) is 18.2 Å². The van der Waals surface area contributed by atoms with Gasteiger partial charge in [0.2, 0.25) is 0 Å². The maximum absolute atomic E-state index is 11.8. The summed E-state index contributed by atoms with van der Waals surface area (Å²) in [4.78, 5) is 22.5. The number of alkyl halides is 1. The number of rotatable bonds is 6. The molecule has 0 spiro atoms. The number of carbonyl (C=O) groups excluding carboxylic acids is 1. The molecule has 1 atom stereocenters. The van der Waals surface area contributed by atoms with Gasteiger partial charge in [-0.1, -0.05) is 28.1 Å². The van der Waals surface area contributed by atoms with Gasteiger partial charge >= 0.3 is 5.97 Å². The average molecular weight is 317 g/mol. The molecule has 0 bridgehead atoms. The molecule has 0 aliphatic rings. The van der Waals surface area contributed by atoms with E-state index in [0.29, 0.717) is 10.9 Å². The van der Waals surface area contributed by atoms with Crippen molar-refractivity contribution in [1.82, 2.24) is 0 Å². The standard InChI is InChI=1S/C12H13BrO5/c13-4-3-10(15)9-5-7(11(16)12(17)18)1-2-8(9)6-14/h1-2,5,11,14,16H,3-4,6H2,(H,17,18). The Labute approximate surface area is 112 Å². The molecular weight excluding hydrogens is 304 g/mol. The third-order valence-corrected chi connectivity index (χ3v) is 2.87. The van der Waals surface area contributed by atoms with Gasteiger partial charge in [0, 0.05) is 17.3 Å². The fourth-order valence-electron chi connectivity index (χ4n) is 1.52. The summed E-state index contributed by atoms with van der Waals surface area (Å²) in [7, 11) is 0. The van der Waals surface area contributed by atoms with Crippen LogP contribution in [0.2, 0.25) is 0 Å². The lowest BCUT2D eigenvalue weighted by Gasteiger charge is -2.11. The third kappa shape index (κ3) is 3.38. The van der Waals surface area contributed by atoms with E-state index >= 15 is 0 Å². The molecule has 0 aromatic heterocycles. The van der Waals surface area contributed by atoms with Crippen molar-refractivity contribution in [3.63, 3.8) is 0 Å². The summed E-state index contributed by atoms with van der Waals surface area (Å²) in [6.07, 6.45) is -1.44. The molecule has 18 heavy (non-hydrogen) atoms. The van der Waals surface area contributed by atoms with Gasteiger partial charge in [-0.25, -0.2) is 4.79 Å². The van der Waals surface area contributed by atoms with Crippen molar-refractivity contribution in [3.05, 3.63) is 34.9 Å². The minimum Gasteiger partial charge on any atom is -0.479 e. The van der Waals surface area contributed by atoms with Crippen LogP contribution in [0.25, 0.3) is 0 Å². The second-order valence-corrected chi connectivity index (χ2v) is 4.47. The van der Waals surface area contributed by atoms with Crippen LogP contribution in [0.4, 0.5) is 0 Å². The molecule has 0 radical (unpaired) electrons. The second-order valence-electron chi connectivity index (χ2n) is 3.68. The smallest absolute Gasteiger partial charge is 0.337 e. The molecule has 3 N–H and O–H groups in total. The van der Waals surface area contributed by atoms with Crippen molar-refractivity contribution < 1.29 is 24.9 Å². The van der Waals surface area contributed by atoms with Crippen molar-refractivity contribution in [2.24, 2.45) is 0 Å². The highest BCUT2D eigenvalue weighted by molar-refractivity contribution is 9.09. The van der Waals surface area contributed by atoms with Gasteiger partial charge in [0.15, 0.2) is 11.9 Å². The first-order chi connectivity index (χ1) is 8.51. The number of ketones is 1. The highest BCUT2D eigenvalue weighted by atomic mass is 79.9. The van der Waals surface area contributed by atoms with Gasteiger partial charge in [0.05, 0.1) is 6.61 Å². The van der Waals surface area contributed by atoms with E-state index in [2.05, 4.69) is 15.9 Å². The van der Waals surface area contributed by atoms with Crippen molar-refractivity contribution in [3.8, 4) is 0 Å². The zero-order valence-corrected chi connectivity index (χ0v) is 11.1. The van der Waals surface area contributed by atoms with E-state index in [-0.39, 0.29) is 29.9 Å². The van der Waals surface area contributed by atoms with Crippen LogP contribution in [0.3, 0.4) is 0 Å². The summed E-state index contributed by atoms with van der Waals surface area (Å²) in [6.45, 7) is -0.313. The lowest BCUT2D eigenvalue weighted by atomic mass is 9.97. The van der Waals surface area contributed by atoms with Crippen molar-refractivity contribution >= 4 is 27.7 Å². The molecule has 0 heterocycles. The quantitative estimate of drug-likeness (QED) is 0.542. The van der Waals surface area contributed by atoms with Gasteiger partial charge in [0.1, 0.15) is 0 Å². The molecule has 1 aromatic rings. The molecule has 6 heteroatoms. The summed E-state index contributed by atoms with van der Waals surface area (Å²) in [5.74, 6) is -1.60. The Bertz CT molecular complexity index is 458. The van der Waals surface area contributed by atoms with Crippen LogP contribution in [-0.2, 0) is 11.4 Å². The first kappa shape index (κ1) is 14.8. The normalized spacial score (nSPS) is 12.2. The fraction of sp³-hybridized carbons (Fsp3) is 0.333. The topological polar surface area (TPSA) is 94.8 Å². The Kier molecular flexibility index (Phi) is 5.46. The van der Waals surface area contributed by atoms with E-state index in [1.807, 2.05) is 0 Å². The molecule has 0 saturated carbocycles. The van der Waals surface area contributed by atoms with E-state index in [9.17, 15) is 14.7 Å². The molecule has 1 rings (SSSR count). The Morgan fingerprint density at radius 1 is 1.33 bits per heavy atom. The molecule has 0 aliphatic carbocycles. The maximum Gasteiger partial charge on any atom is 0.337 e. The minimum absolute atomic E-state index is 0.123. The van der Waals surface area contributed by atoms with Crippen molar-refractivity contribution in [1.29, 1.82) is 0 Å². The van der Waals surface area contributed by atoms with E-state index in [1.54, 1.807) is 0 Å². The Balaban J connectivity index is 3.17. The predicted molar refractivity (Wildman–Crippen MR) is 67.7 cm³/mol. The Morgan fingerprint density at radius 2 is 2.00 bits per heavy atom. The maximum atomic E-state index is 11.8. The molecule has 0 saturated heterocycles. The zero-order valence-electron chi connectivity index (χ0n) is 9.47. The van der Waals surface area contributed by atoms with Crippen LogP contribution in [-0.4, -0.2) is 32.4 Å². The van der Waals surface area contributed by atoms with Crippen molar-refractivity contribution in [2.45, 2.75) is 19.1 Å². The average Bonchev–Trinajstić information content (AvgIpc) is 2.37. The van der Waals surface area contributed by atoms with Gasteiger partial charge in [0.25, 0.3) is 0 Å². The van der Waals surface area contributed by atoms with E-state index in [0.717, 1.165) is 0 Å². The molecular formula is C12H13BrO5. The Morgan fingerprint density at radius 3 is 2.50 bits per heavy atom. The van der Waals surface area contributed by atoms with Crippen LogP contribution in [0.1, 0.15) is 34.0 Å². The summed E-state index contributed by atoms with van der Waals surface area (Å²) in [6, 6.07) is 4.15. The first-order valence-electron chi connectivity index (χ1n) is 5.25. The summed E-state index contributed by atoms with van der Waals surface area (Å²) in [5, 5.41) is 27.7. The molecule has 0 aliphatic heterocycles. The second kappa shape index (κ2) is 6.63. The van der Waals surface area contributed by atoms with Crippen LogP contribution in [0.5, 0.6) is 0 Å². The van der Waals surface area contributed by atoms with Crippen LogP contribution in [0, 0.1) is 0 Å². The fourth-order valence-corrected chi connectivity index (χ4v) is 1.88. The molecule has 0 fully saturated rings. The van der Waals surface area contributed by atoms with E-state index in [1.165, 1.54) is 18.2 Å². The zero-order chi connectivity index (χ0) is 13.7. The highest BCUT2D eigenvalue weighted by Crippen LogP contribution is 2.20. The van der Waals surface area contributed by atoms with Crippen LogP contribution >= 0.6 is 15.9 Å². The van der Waals surface area contributed by atoms with Gasteiger partial charge in [-0.05, 0) is 17.2 Å². The largest absolute Gasteiger partial charge is 0.479 e. The summed E-state index contributed by atoms with van der Waals surface area (Å²) in [5.41, 5.74) is 0.787. The number of Topliss-reactive ketones (excluding diaryl/α,β-unsaturated/α-hetero) is 1. The SMILES string of the molecule is O=C(CCBr)c1cc(C(O)C(=O)O)ccc1CO. The first-order valence-corrected chi connectivity index (χ1v) is 6.37. The monoisotopic (exact) mass is 316 g/mol. The number of carbonyl (C=O) groups is 2. The van der Waals surface area contributed by atoms with Gasteiger partial charge in [-0.15, -0.1) is 0 Å². The third-order valence-electron chi connectivity index (χ3n) is 2.48. The lowest BCUT2D eigenvalue weighted by molar-refractivity contribution is -0.146.